The minimum Gasteiger partial charge on any atom is -0.345 e. The van der Waals surface area contributed by atoms with Gasteiger partial charge in [-0.2, -0.15) is 4.98 Å². The molecule has 4 aromatic heterocycles. The number of rotatable bonds is 3. The van der Waals surface area contributed by atoms with Crippen LogP contribution in [0, 0.1) is 5.92 Å². The van der Waals surface area contributed by atoms with E-state index in [2.05, 4.69) is 51.7 Å². The number of pyridine rings is 2. The van der Waals surface area contributed by atoms with Crippen molar-refractivity contribution < 1.29 is 0 Å². The van der Waals surface area contributed by atoms with Crippen LogP contribution >= 0.6 is 0 Å². The van der Waals surface area contributed by atoms with E-state index >= 15 is 0 Å². The molecule has 0 amide bonds. The van der Waals surface area contributed by atoms with E-state index in [1.54, 1.807) is 0 Å². The maximum absolute atomic E-state index is 4.99. The first-order valence-electron chi connectivity index (χ1n) is 11.7. The third-order valence-corrected chi connectivity index (χ3v) is 7.18. The Hall–Kier alpha value is -3.00. The first-order valence-corrected chi connectivity index (χ1v) is 11.7. The van der Waals surface area contributed by atoms with Crippen molar-refractivity contribution in [3.63, 3.8) is 0 Å². The topological polar surface area (TPSA) is 71.8 Å². The van der Waals surface area contributed by atoms with Gasteiger partial charge in [0.05, 0.1) is 11.7 Å². The standard InChI is InChI=1S/C24H28BN7/c1-15-2-5-17(6-3-15)32-21-13-26-10-8-18(21)19-12-27-24(30-23(19)32)29-22-7-4-16-14-31(25)11-9-20(16)28-22/h4,7-8,10,12-13,15,17H,2-3,5-6,9,11,14,25H2,1H3,(H,27,28,29,30). The summed E-state index contributed by atoms with van der Waals surface area (Å²) in [7, 11) is 2.15. The Morgan fingerprint density at radius 3 is 2.78 bits per heavy atom. The SMILES string of the molecule is BN1CCc2nc(Nc3ncc4c5ccncc5n(C5CCC(C)CC5)c4n3)ccc2C1. The van der Waals surface area contributed by atoms with Gasteiger partial charge in [-0.1, -0.05) is 13.0 Å². The molecule has 1 fully saturated rings. The van der Waals surface area contributed by atoms with Crippen LogP contribution in [0.1, 0.15) is 49.9 Å². The zero-order chi connectivity index (χ0) is 21.7. The van der Waals surface area contributed by atoms with Gasteiger partial charge < -0.3 is 14.7 Å². The average molecular weight is 425 g/mol. The second-order valence-electron chi connectivity index (χ2n) is 9.52. The van der Waals surface area contributed by atoms with Crippen LogP contribution in [0.5, 0.6) is 0 Å². The molecular weight excluding hydrogens is 397 g/mol. The molecule has 0 unspecified atom stereocenters. The summed E-state index contributed by atoms with van der Waals surface area (Å²) in [6.45, 7) is 4.36. The number of hydrogen-bond acceptors (Lipinski definition) is 6. The van der Waals surface area contributed by atoms with Crippen molar-refractivity contribution in [3.8, 4) is 0 Å². The molecule has 7 nitrogen and oxygen atoms in total. The van der Waals surface area contributed by atoms with Crippen LogP contribution in [-0.4, -0.2) is 43.8 Å². The Morgan fingerprint density at radius 2 is 1.91 bits per heavy atom. The molecule has 0 spiro atoms. The molecule has 8 heteroatoms. The average Bonchev–Trinajstić information content (AvgIpc) is 3.13. The fourth-order valence-corrected chi connectivity index (χ4v) is 5.34. The molecule has 0 bridgehead atoms. The summed E-state index contributed by atoms with van der Waals surface area (Å²) in [5.41, 5.74) is 4.62. The molecule has 0 atom stereocenters. The van der Waals surface area contributed by atoms with Gasteiger partial charge in [0.25, 0.3) is 0 Å². The predicted octanol–water partition coefficient (Wildman–Crippen LogP) is 3.78. The molecule has 4 aromatic rings. The maximum atomic E-state index is 4.99. The molecule has 6 rings (SSSR count). The second kappa shape index (κ2) is 7.85. The first-order chi connectivity index (χ1) is 15.7. The molecule has 162 valence electrons. The zero-order valence-electron chi connectivity index (χ0n) is 18.8. The van der Waals surface area contributed by atoms with E-state index in [9.17, 15) is 0 Å². The highest BCUT2D eigenvalue weighted by Crippen LogP contribution is 2.38. The summed E-state index contributed by atoms with van der Waals surface area (Å²) in [6, 6.07) is 6.74. The Labute approximate surface area is 188 Å². The van der Waals surface area contributed by atoms with Crippen molar-refractivity contribution in [2.24, 2.45) is 5.92 Å². The largest absolute Gasteiger partial charge is 0.345 e. The van der Waals surface area contributed by atoms with Crippen molar-refractivity contribution in [2.45, 2.75) is 51.6 Å². The fraction of sp³-hybridized carbons (Fsp3) is 0.417. The molecule has 0 saturated heterocycles. The monoisotopic (exact) mass is 425 g/mol. The van der Waals surface area contributed by atoms with Gasteiger partial charge in [0.2, 0.25) is 5.95 Å². The molecule has 1 aliphatic heterocycles. The van der Waals surface area contributed by atoms with Gasteiger partial charge in [-0.05, 0) is 55.8 Å². The van der Waals surface area contributed by atoms with E-state index < -0.39 is 0 Å². The minimum atomic E-state index is 0.456. The van der Waals surface area contributed by atoms with Crippen LogP contribution in [0.4, 0.5) is 11.8 Å². The summed E-state index contributed by atoms with van der Waals surface area (Å²) >= 11 is 0. The third kappa shape index (κ3) is 3.43. The third-order valence-electron chi connectivity index (χ3n) is 7.18. The highest BCUT2D eigenvalue weighted by atomic mass is 15.2. The van der Waals surface area contributed by atoms with E-state index in [0.717, 1.165) is 47.8 Å². The van der Waals surface area contributed by atoms with E-state index in [0.29, 0.717) is 12.0 Å². The summed E-state index contributed by atoms with van der Waals surface area (Å²) in [5.74, 6) is 2.21. The Morgan fingerprint density at radius 1 is 1.03 bits per heavy atom. The molecule has 32 heavy (non-hydrogen) atoms. The van der Waals surface area contributed by atoms with Gasteiger partial charge in [-0.3, -0.25) is 4.98 Å². The molecule has 1 saturated carbocycles. The Kier molecular flexibility index (Phi) is 4.83. The number of nitrogens with zero attached hydrogens (tertiary/aromatic N) is 6. The molecule has 5 heterocycles. The predicted molar refractivity (Wildman–Crippen MR) is 130 cm³/mol. The maximum Gasteiger partial charge on any atom is 0.230 e. The fourth-order valence-electron chi connectivity index (χ4n) is 5.34. The normalized spacial score (nSPS) is 21.7. The van der Waals surface area contributed by atoms with Crippen LogP contribution in [0.15, 0.2) is 36.8 Å². The number of nitrogens with one attached hydrogen (secondary N) is 1. The number of anilines is 2. The van der Waals surface area contributed by atoms with Gasteiger partial charge in [0, 0.05) is 47.9 Å². The van der Waals surface area contributed by atoms with E-state index in [1.165, 1.54) is 42.3 Å². The quantitative estimate of drug-likeness (QED) is 0.504. The smallest absolute Gasteiger partial charge is 0.230 e. The van der Waals surface area contributed by atoms with Crippen LogP contribution in [0.25, 0.3) is 21.9 Å². The van der Waals surface area contributed by atoms with Gasteiger partial charge in [-0.25, -0.2) is 9.97 Å². The molecular formula is C24H28BN7. The summed E-state index contributed by atoms with van der Waals surface area (Å²) < 4.78 is 2.41. The van der Waals surface area contributed by atoms with Crippen molar-refractivity contribution in [1.82, 2.24) is 29.3 Å². The Bertz CT molecular complexity index is 1290. The van der Waals surface area contributed by atoms with Gasteiger partial charge >= 0.3 is 0 Å². The number of aromatic nitrogens is 5. The summed E-state index contributed by atoms with van der Waals surface area (Å²) in [6.07, 6.45) is 11.6. The molecule has 0 aromatic carbocycles. The molecule has 0 radical (unpaired) electrons. The van der Waals surface area contributed by atoms with Crippen molar-refractivity contribution in [1.29, 1.82) is 0 Å². The van der Waals surface area contributed by atoms with Crippen LogP contribution in [0.2, 0.25) is 0 Å². The van der Waals surface area contributed by atoms with Gasteiger partial charge in [0.15, 0.2) is 7.98 Å². The van der Waals surface area contributed by atoms with E-state index in [4.69, 9.17) is 9.97 Å². The summed E-state index contributed by atoms with van der Waals surface area (Å²) in [5, 5.41) is 5.63. The molecule has 2 aliphatic rings. The van der Waals surface area contributed by atoms with E-state index in [1.807, 2.05) is 24.7 Å². The lowest BCUT2D eigenvalue weighted by atomic mass is 9.87. The lowest BCUT2D eigenvalue weighted by Gasteiger charge is -2.28. The van der Waals surface area contributed by atoms with Crippen molar-refractivity contribution in [3.05, 3.63) is 48.0 Å². The van der Waals surface area contributed by atoms with E-state index in [-0.39, 0.29) is 0 Å². The van der Waals surface area contributed by atoms with Crippen LogP contribution in [-0.2, 0) is 13.0 Å². The number of fused-ring (bicyclic) bond motifs is 4. The second-order valence-corrected chi connectivity index (χ2v) is 9.52. The first kappa shape index (κ1) is 19.7. The van der Waals surface area contributed by atoms with Crippen molar-refractivity contribution in [2.75, 3.05) is 11.9 Å². The lowest BCUT2D eigenvalue weighted by molar-refractivity contribution is 0.298. The van der Waals surface area contributed by atoms with Gasteiger partial charge in [-0.15, -0.1) is 0 Å². The van der Waals surface area contributed by atoms with Crippen LogP contribution < -0.4 is 5.32 Å². The lowest BCUT2D eigenvalue weighted by Crippen LogP contribution is -2.28. The summed E-state index contributed by atoms with van der Waals surface area (Å²) in [4.78, 5) is 21.2. The highest BCUT2D eigenvalue weighted by Gasteiger charge is 2.24. The zero-order valence-corrected chi connectivity index (χ0v) is 18.8. The molecule has 1 aliphatic carbocycles. The Balaban J connectivity index is 1.39. The minimum absolute atomic E-state index is 0.456. The molecule has 1 N–H and O–H groups in total. The van der Waals surface area contributed by atoms with Gasteiger partial charge in [0.1, 0.15) is 11.5 Å². The highest BCUT2D eigenvalue weighted by molar-refractivity contribution is 6.06. The number of hydrogen-bond donors (Lipinski definition) is 1. The van der Waals surface area contributed by atoms with Crippen molar-refractivity contribution >= 4 is 41.7 Å². The van der Waals surface area contributed by atoms with Crippen LogP contribution in [0.3, 0.4) is 0 Å².